The molecule has 3 rings (SSSR count). The average molecular weight is 409 g/mol. The molecule has 1 aliphatic heterocycles. The van der Waals surface area contributed by atoms with Gasteiger partial charge in [0, 0.05) is 43.8 Å². The number of hydrogen-bond acceptors (Lipinski definition) is 6. The van der Waals surface area contributed by atoms with Gasteiger partial charge in [-0.2, -0.15) is 4.31 Å². The van der Waals surface area contributed by atoms with Gasteiger partial charge in [0.25, 0.3) is 0 Å². The fourth-order valence-corrected chi connectivity index (χ4v) is 4.61. The lowest BCUT2D eigenvalue weighted by Crippen LogP contribution is -2.47. The van der Waals surface area contributed by atoms with E-state index in [0.717, 1.165) is 22.0 Å². The molecule has 1 amide bonds. The third kappa shape index (κ3) is 5.58. The number of piperazine rings is 1. The molecule has 1 N–H and O–H groups in total. The lowest BCUT2D eigenvalue weighted by molar-refractivity contribution is -0.115. The van der Waals surface area contributed by atoms with Crippen molar-refractivity contribution in [2.24, 2.45) is 0 Å². The van der Waals surface area contributed by atoms with Crippen molar-refractivity contribution in [2.45, 2.75) is 19.9 Å². The number of carbonyl (C=O) groups excluding carboxylic acids is 1. The van der Waals surface area contributed by atoms with E-state index in [2.05, 4.69) is 15.2 Å². The highest BCUT2D eigenvalue weighted by molar-refractivity contribution is 7.88. The molecule has 146 valence electrons. The summed E-state index contributed by atoms with van der Waals surface area (Å²) >= 11 is 1.48. The second kappa shape index (κ2) is 8.47. The van der Waals surface area contributed by atoms with Crippen LogP contribution in [0.3, 0.4) is 0 Å². The van der Waals surface area contributed by atoms with Gasteiger partial charge >= 0.3 is 0 Å². The van der Waals surface area contributed by atoms with E-state index in [4.69, 9.17) is 0 Å². The highest BCUT2D eigenvalue weighted by atomic mass is 32.2. The Hall–Kier alpha value is -1.81. The third-order valence-electron chi connectivity index (χ3n) is 4.52. The van der Waals surface area contributed by atoms with E-state index in [-0.39, 0.29) is 12.3 Å². The predicted molar refractivity (Wildman–Crippen MR) is 107 cm³/mol. The zero-order chi connectivity index (χ0) is 19.4. The first-order valence-electron chi connectivity index (χ1n) is 8.77. The molecule has 0 unspecified atom stereocenters. The summed E-state index contributed by atoms with van der Waals surface area (Å²) in [6.07, 6.45) is 1.50. The largest absolute Gasteiger partial charge is 0.325 e. The molecule has 7 nitrogen and oxygen atoms in total. The lowest BCUT2D eigenvalue weighted by atomic mass is 10.2. The number of amides is 1. The summed E-state index contributed by atoms with van der Waals surface area (Å²) in [6, 6.07) is 7.68. The van der Waals surface area contributed by atoms with E-state index in [1.54, 1.807) is 0 Å². The maximum Gasteiger partial charge on any atom is 0.231 e. The Morgan fingerprint density at radius 2 is 1.93 bits per heavy atom. The molecule has 2 aromatic rings. The highest BCUT2D eigenvalue weighted by Crippen LogP contribution is 2.17. The van der Waals surface area contributed by atoms with Crippen molar-refractivity contribution in [2.75, 3.05) is 37.8 Å². The van der Waals surface area contributed by atoms with E-state index in [1.807, 2.05) is 36.6 Å². The number of para-hydroxylation sites is 1. The van der Waals surface area contributed by atoms with Crippen LogP contribution in [-0.4, -0.2) is 60.9 Å². The minimum atomic E-state index is -3.11. The van der Waals surface area contributed by atoms with Gasteiger partial charge in [0.1, 0.15) is 5.01 Å². The van der Waals surface area contributed by atoms with Gasteiger partial charge in [0.15, 0.2) is 0 Å². The minimum absolute atomic E-state index is 0.0769. The van der Waals surface area contributed by atoms with Crippen LogP contribution in [0, 0.1) is 6.92 Å². The van der Waals surface area contributed by atoms with E-state index in [9.17, 15) is 13.2 Å². The SMILES string of the molecule is Cc1ccccc1NC(=O)Cc1nc(CN2CCN(S(C)(=O)=O)CC2)cs1. The maximum atomic E-state index is 12.2. The first-order chi connectivity index (χ1) is 12.8. The van der Waals surface area contributed by atoms with Gasteiger partial charge in [0.05, 0.1) is 18.4 Å². The number of carbonyl (C=O) groups is 1. The molecule has 0 bridgehead atoms. The van der Waals surface area contributed by atoms with Crippen LogP contribution in [0.2, 0.25) is 0 Å². The monoisotopic (exact) mass is 408 g/mol. The summed E-state index contributed by atoms with van der Waals surface area (Å²) in [5, 5.41) is 5.68. The number of benzene rings is 1. The summed E-state index contributed by atoms with van der Waals surface area (Å²) in [5.74, 6) is -0.0769. The molecule has 0 atom stereocenters. The van der Waals surface area contributed by atoms with Crippen LogP contribution in [0.4, 0.5) is 5.69 Å². The van der Waals surface area contributed by atoms with E-state index in [0.29, 0.717) is 32.7 Å². The number of hydrogen-bond donors (Lipinski definition) is 1. The predicted octanol–water partition coefficient (Wildman–Crippen LogP) is 1.71. The number of rotatable bonds is 6. The van der Waals surface area contributed by atoms with Crippen LogP contribution in [0.1, 0.15) is 16.3 Å². The molecule has 2 heterocycles. The lowest BCUT2D eigenvalue weighted by Gasteiger charge is -2.32. The summed E-state index contributed by atoms with van der Waals surface area (Å²) in [6.45, 7) is 5.03. The van der Waals surface area contributed by atoms with Crippen LogP contribution >= 0.6 is 11.3 Å². The van der Waals surface area contributed by atoms with Gasteiger partial charge in [-0.1, -0.05) is 18.2 Å². The molecule has 0 saturated carbocycles. The first kappa shape index (κ1) is 19.9. The van der Waals surface area contributed by atoms with Crippen molar-refractivity contribution in [1.29, 1.82) is 0 Å². The molecule has 1 aliphatic rings. The summed E-state index contributed by atoms with van der Waals surface area (Å²) in [5.41, 5.74) is 2.77. The highest BCUT2D eigenvalue weighted by Gasteiger charge is 2.23. The van der Waals surface area contributed by atoms with Crippen molar-refractivity contribution in [3.8, 4) is 0 Å². The van der Waals surface area contributed by atoms with Crippen LogP contribution in [0.25, 0.3) is 0 Å². The van der Waals surface area contributed by atoms with Crippen LogP contribution in [0.5, 0.6) is 0 Å². The molecule has 0 radical (unpaired) electrons. The first-order valence-corrected chi connectivity index (χ1v) is 11.5. The van der Waals surface area contributed by atoms with Crippen molar-refractivity contribution in [3.63, 3.8) is 0 Å². The number of sulfonamides is 1. The Labute approximate surface area is 164 Å². The van der Waals surface area contributed by atoms with Crippen LogP contribution < -0.4 is 5.32 Å². The average Bonchev–Trinajstić information content (AvgIpc) is 3.03. The van der Waals surface area contributed by atoms with Gasteiger partial charge in [-0.05, 0) is 18.6 Å². The molecule has 1 fully saturated rings. The summed E-state index contributed by atoms with van der Waals surface area (Å²) < 4.78 is 24.6. The van der Waals surface area contributed by atoms with E-state index < -0.39 is 10.0 Å². The topological polar surface area (TPSA) is 82.6 Å². The standard InChI is InChI=1S/C18H24N4O3S2/c1-14-5-3-4-6-16(14)20-17(23)11-18-19-15(13-26-18)12-21-7-9-22(10-8-21)27(2,24)25/h3-6,13H,7-12H2,1-2H3,(H,20,23). The number of nitrogens with one attached hydrogen (secondary N) is 1. The number of aromatic nitrogens is 1. The van der Waals surface area contributed by atoms with E-state index in [1.165, 1.54) is 21.9 Å². The fourth-order valence-electron chi connectivity index (χ4n) is 3.00. The Balaban J connectivity index is 1.50. The van der Waals surface area contributed by atoms with Gasteiger partial charge in [-0.15, -0.1) is 11.3 Å². The van der Waals surface area contributed by atoms with Crippen molar-refractivity contribution in [1.82, 2.24) is 14.2 Å². The number of anilines is 1. The van der Waals surface area contributed by atoms with Gasteiger partial charge < -0.3 is 5.32 Å². The van der Waals surface area contributed by atoms with Gasteiger partial charge in [0.2, 0.25) is 15.9 Å². The van der Waals surface area contributed by atoms with Gasteiger partial charge in [-0.3, -0.25) is 9.69 Å². The molecule has 1 saturated heterocycles. The second-order valence-electron chi connectivity index (χ2n) is 6.71. The molecular weight excluding hydrogens is 384 g/mol. The van der Waals surface area contributed by atoms with Crippen LogP contribution in [-0.2, 0) is 27.8 Å². The number of aryl methyl sites for hydroxylation is 1. The second-order valence-corrected chi connectivity index (χ2v) is 9.64. The molecule has 27 heavy (non-hydrogen) atoms. The molecule has 0 aliphatic carbocycles. The molecule has 0 spiro atoms. The zero-order valence-electron chi connectivity index (χ0n) is 15.5. The van der Waals surface area contributed by atoms with Crippen molar-refractivity contribution < 1.29 is 13.2 Å². The number of thiazole rings is 1. The third-order valence-corrected chi connectivity index (χ3v) is 6.72. The van der Waals surface area contributed by atoms with Gasteiger partial charge in [-0.25, -0.2) is 13.4 Å². The quantitative estimate of drug-likeness (QED) is 0.787. The molecular formula is C18H24N4O3S2. The van der Waals surface area contributed by atoms with Crippen molar-refractivity contribution >= 4 is 33.0 Å². The Bertz CT molecular complexity index is 903. The zero-order valence-corrected chi connectivity index (χ0v) is 17.1. The number of nitrogens with zero attached hydrogens (tertiary/aromatic N) is 3. The normalized spacial score (nSPS) is 16.4. The molecule has 1 aromatic heterocycles. The Morgan fingerprint density at radius 3 is 2.59 bits per heavy atom. The Kier molecular flexibility index (Phi) is 6.25. The minimum Gasteiger partial charge on any atom is -0.325 e. The maximum absolute atomic E-state index is 12.2. The fraction of sp³-hybridized carbons (Fsp3) is 0.444. The summed E-state index contributed by atoms with van der Waals surface area (Å²) in [4.78, 5) is 19.0. The molecule has 9 heteroatoms. The molecule has 1 aromatic carbocycles. The Morgan fingerprint density at radius 1 is 1.22 bits per heavy atom. The summed E-state index contributed by atoms with van der Waals surface area (Å²) in [7, 11) is -3.11. The van der Waals surface area contributed by atoms with E-state index >= 15 is 0 Å². The van der Waals surface area contributed by atoms with Crippen molar-refractivity contribution in [3.05, 3.63) is 45.9 Å². The smallest absolute Gasteiger partial charge is 0.231 e. The van der Waals surface area contributed by atoms with Crippen LogP contribution in [0.15, 0.2) is 29.6 Å².